The van der Waals surface area contributed by atoms with Crippen LogP contribution in [0.1, 0.15) is 31.2 Å². The van der Waals surface area contributed by atoms with Crippen LogP contribution in [0.2, 0.25) is 5.02 Å². The first-order chi connectivity index (χ1) is 8.95. The molecule has 1 aliphatic carbocycles. The van der Waals surface area contributed by atoms with Crippen molar-refractivity contribution in [3.63, 3.8) is 0 Å². The number of rotatable bonds is 4. The lowest BCUT2D eigenvalue weighted by Gasteiger charge is -2.34. The summed E-state index contributed by atoms with van der Waals surface area (Å²) < 4.78 is 13.4. The van der Waals surface area contributed by atoms with E-state index in [9.17, 15) is 9.18 Å². The fraction of sp³-hybridized carbons (Fsp3) is 0.533. The third kappa shape index (κ3) is 2.82. The van der Waals surface area contributed by atoms with Gasteiger partial charge in [-0.2, -0.15) is 0 Å². The molecule has 1 aromatic carbocycles. The normalized spacial score (nSPS) is 17.9. The Bertz CT molecular complexity index is 481. The van der Waals surface area contributed by atoms with Crippen LogP contribution in [0.15, 0.2) is 18.2 Å². The molecule has 4 heteroatoms. The second-order valence-electron chi connectivity index (χ2n) is 5.48. The van der Waals surface area contributed by atoms with Crippen molar-refractivity contribution in [2.45, 2.75) is 37.6 Å². The molecular weight excluding hydrogens is 265 g/mol. The quantitative estimate of drug-likeness (QED) is 0.843. The van der Waals surface area contributed by atoms with Gasteiger partial charge in [0.25, 0.3) is 0 Å². The molecule has 2 rings (SSSR count). The fourth-order valence-electron chi connectivity index (χ4n) is 2.93. The molecule has 0 bridgehead atoms. The van der Waals surface area contributed by atoms with E-state index in [2.05, 4.69) is 0 Å². The number of nitrogens with zero attached hydrogens (tertiary/aromatic N) is 1. The lowest BCUT2D eigenvalue weighted by Crippen LogP contribution is -2.49. The van der Waals surface area contributed by atoms with Crippen LogP contribution in [-0.4, -0.2) is 30.3 Å². The number of benzene rings is 1. The Labute approximate surface area is 118 Å². The van der Waals surface area contributed by atoms with Crippen LogP contribution in [-0.2, 0) is 11.2 Å². The van der Waals surface area contributed by atoms with Crippen LogP contribution in [0, 0.1) is 5.82 Å². The molecule has 0 aliphatic heterocycles. The average Bonchev–Trinajstić information content (AvgIpc) is 2.84. The molecule has 104 valence electrons. The zero-order valence-electron chi connectivity index (χ0n) is 11.4. The lowest BCUT2D eigenvalue weighted by atomic mass is 9.87. The number of Topliss-reactive ketones (excluding diaryl/α,β-unsaturated/α-hetero) is 1. The summed E-state index contributed by atoms with van der Waals surface area (Å²) in [5.41, 5.74) is 0.329. The van der Waals surface area contributed by atoms with Gasteiger partial charge in [0.1, 0.15) is 5.82 Å². The van der Waals surface area contributed by atoms with Gasteiger partial charge in [-0.15, -0.1) is 0 Å². The number of carbonyl (C=O) groups is 1. The van der Waals surface area contributed by atoms with Gasteiger partial charge in [0.05, 0.1) is 10.6 Å². The Hall–Kier alpha value is -0.930. The summed E-state index contributed by atoms with van der Waals surface area (Å²) in [6, 6.07) is 4.59. The van der Waals surface area contributed by atoms with Crippen molar-refractivity contribution < 1.29 is 9.18 Å². The zero-order chi connectivity index (χ0) is 14.0. The van der Waals surface area contributed by atoms with Crippen LogP contribution in [0.5, 0.6) is 0 Å². The van der Waals surface area contributed by atoms with E-state index in [4.69, 9.17) is 11.6 Å². The van der Waals surface area contributed by atoms with Crippen LogP contribution in [0.4, 0.5) is 4.39 Å². The molecule has 0 amide bonds. The van der Waals surface area contributed by atoms with E-state index < -0.39 is 5.82 Å². The van der Waals surface area contributed by atoms with Crippen molar-refractivity contribution in [1.82, 2.24) is 4.90 Å². The topological polar surface area (TPSA) is 20.3 Å². The number of ketones is 1. The second kappa shape index (κ2) is 5.59. The fourth-order valence-corrected chi connectivity index (χ4v) is 3.05. The van der Waals surface area contributed by atoms with E-state index >= 15 is 0 Å². The molecule has 0 radical (unpaired) electrons. The highest BCUT2D eigenvalue weighted by molar-refractivity contribution is 6.30. The zero-order valence-corrected chi connectivity index (χ0v) is 12.1. The number of likely N-dealkylation sites (N-methyl/N-ethyl adjacent to an activating group) is 1. The molecule has 0 aromatic heterocycles. The average molecular weight is 284 g/mol. The van der Waals surface area contributed by atoms with E-state index in [-0.39, 0.29) is 22.8 Å². The molecular formula is C15H19ClFNO. The summed E-state index contributed by atoms with van der Waals surface area (Å²) in [4.78, 5) is 14.6. The SMILES string of the molecule is CN(C)C1(C(=O)Cc2ccc(Cl)c(F)c2)CCCC1. The largest absolute Gasteiger partial charge is 0.297 e. The number of halogens is 2. The highest BCUT2D eigenvalue weighted by Gasteiger charge is 2.42. The van der Waals surface area contributed by atoms with Crippen molar-refractivity contribution in [3.05, 3.63) is 34.6 Å². The first kappa shape index (κ1) is 14.5. The van der Waals surface area contributed by atoms with Crippen LogP contribution < -0.4 is 0 Å². The minimum Gasteiger partial charge on any atom is -0.297 e. The predicted molar refractivity (Wildman–Crippen MR) is 75.0 cm³/mol. The van der Waals surface area contributed by atoms with Gasteiger partial charge in [0, 0.05) is 6.42 Å². The Morgan fingerprint density at radius 1 is 1.37 bits per heavy atom. The summed E-state index contributed by atoms with van der Waals surface area (Å²) in [5.74, 6) is -0.283. The molecule has 2 nitrogen and oxygen atoms in total. The van der Waals surface area contributed by atoms with Crippen LogP contribution in [0.3, 0.4) is 0 Å². The van der Waals surface area contributed by atoms with E-state index in [0.29, 0.717) is 5.56 Å². The van der Waals surface area contributed by atoms with E-state index in [1.165, 1.54) is 12.1 Å². The Kier molecular flexibility index (Phi) is 4.26. The molecule has 0 heterocycles. The molecule has 0 unspecified atom stereocenters. The monoisotopic (exact) mass is 283 g/mol. The molecule has 1 fully saturated rings. The molecule has 0 saturated heterocycles. The predicted octanol–water partition coefficient (Wildman–Crippen LogP) is 3.47. The molecule has 19 heavy (non-hydrogen) atoms. The maximum Gasteiger partial charge on any atom is 0.157 e. The summed E-state index contributed by atoms with van der Waals surface area (Å²) in [6.07, 6.45) is 4.23. The third-order valence-corrected chi connectivity index (χ3v) is 4.46. The molecule has 0 spiro atoms. The first-order valence-electron chi connectivity index (χ1n) is 6.60. The van der Waals surface area contributed by atoms with Crippen LogP contribution in [0.25, 0.3) is 0 Å². The van der Waals surface area contributed by atoms with E-state index in [1.807, 2.05) is 19.0 Å². The Morgan fingerprint density at radius 2 is 2.00 bits per heavy atom. The van der Waals surface area contributed by atoms with Gasteiger partial charge in [-0.1, -0.05) is 30.5 Å². The van der Waals surface area contributed by atoms with Crippen molar-refractivity contribution in [2.75, 3.05) is 14.1 Å². The summed E-state index contributed by atoms with van der Waals surface area (Å²) >= 11 is 5.65. The maximum absolute atomic E-state index is 13.4. The van der Waals surface area contributed by atoms with Gasteiger partial charge in [0.15, 0.2) is 5.78 Å². The summed E-state index contributed by atoms with van der Waals surface area (Å²) in [7, 11) is 3.90. The molecule has 0 atom stereocenters. The third-order valence-electron chi connectivity index (χ3n) is 4.15. The van der Waals surface area contributed by atoms with Gasteiger partial charge in [-0.05, 0) is 44.6 Å². The molecule has 1 aromatic rings. The van der Waals surface area contributed by atoms with Crippen molar-refractivity contribution in [2.24, 2.45) is 0 Å². The smallest absolute Gasteiger partial charge is 0.157 e. The summed E-state index contributed by atoms with van der Waals surface area (Å²) in [5, 5.41) is 0.0967. The van der Waals surface area contributed by atoms with Crippen molar-refractivity contribution in [3.8, 4) is 0 Å². The minimum atomic E-state index is -0.461. The summed E-state index contributed by atoms with van der Waals surface area (Å²) in [6.45, 7) is 0. The van der Waals surface area contributed by atoms with Crippen LogP contribution >= 0.6 is 11.6 Å². The van der Waals surface area contributed by atoms with Gasteiger partial charge < -0.3 is 0 Å². The minimum absolute atomic E-state index is 0.0967. The van der Waals surface area contributed by atoms with Gasteiger partial charge in [-0.3, -0.25) is 9.69 Å². The lowest BCUT2D eigenvalue weighted by molar-refractivity contribution is -0.128. The number of carbonyl (C=O) groups excluding carboxylic acids is 1. The van der Waals surface area contributed by atoms with Gasteiger partial charge >= 0.3 is 0 Å². The highest BCUT2D eigenvalue weighted by atomic mass is 35.5. The van der Waals surface area contributed by atoms with E-state index in [1.54, 1.807) is 6.07 Å². The van der Waals surface area contributed by atoms with E-state index in [0.717, 1.165) is 25.7 Å². The Morgan fingerprint density at radius 3 is 2.53 bits per heavy atom. The molecule has 0 N–H and O–H groups in total. The standard InChI is InChI=1S/C15H19ClFNO/c1-18(2)15(7-3-4-8-15)14(19)10-11-5-6-12(16)13(17)9-11/h5-6,9H,3-4,7-8,10H2,1-2H3. The van der Waals surface area contributed by atoms with Gasteiger partial charge in [-0.25, -0.2) is 4.39 Å². The first-order valence-corrected chi connectivity index (χ1v) is 6.98. The number of hydrogen-bond acceptors (Lipinski definition) is 2. The van der Waals surface area contributed by atoms with Gasteiger partial charge in [0.2, 0.25) is 0 Å². The number of hydrogen-bond donors (Lipinski definition) is 0. The van der Waals surface area contributed by atoms with Crippen molar-refractivity contribution in [1.29, 1.82) is 0 Å². The molecule has 1 saturated carbocycles. The molecule has 1 aliphatic rings. The highest BCUT2D eigenvalue weighted by Crippen LogP contribution is 2.35. The second-order valence-corrected chi connectivity index (χ2v) is 5.89. The maximum atomic E-state index is 13.4. The van der Waals surface area contributed by atoms with Crippen molar-refractivity contribution >= 4 is 17.4 Å². The Balaban J connectivity index is 2.17.